The summed E-state index contributed by atoms with van der Waals surface area (Å²) in [7, 11) is 1.81. The van der Waals surface area contributed by atoms with Crippen LogP contribution in [-0.2, 0) is 27.8 Å². The number of rotatable bonds is 6. The number of amides is 1. The summed E-state index contributed by atoms with van der Waals surface area (Å²) in [5.41, 5.74) is 2.25. The monoisotopic (exact) mass is 335 g/mol. The molecular formula is C16H21N3O3S. The third-order valence-electron chi connectivity index (χ3n) is 3.59. The lowest BCUT2D eigenvalue weighted by Gasteiger charge is -2.13. The molecule has 1 atom stereocenters. The Labute approximate surface area is 139 Å². The number of aromatic nitrogens is 2. The lowest BCUT2D eigenvalue weighted by Crippen LogP contribution is -2.30. The van der Waals surface area contributed by atoms with E-state index < -0.39 is 6.10 Å². The Morgan fingerprint density at radius 3 is 2.74 bits per heavy atom. The van der Waals surface area contributed by atoms with Gasteiger partial charge in [-0.1, -0.05) is 6.07 Å². The summed E-state index contributed by atoms with van der Waals surface area (Å²) in [4.78, 5) is 25.1. The number of aryl methyl sites for hydroxylation is 3. The van der Waals surface area contributed by atoms with Crippen LogP contribution in [-0.4, -0.2) is 27.8 Å². The molecule has 0 bridgehead atoms. The predicted molar refractivity (Wildman–Crippen MR) is 89.5 cm³/mol. The van der Waals surface area contributed by atoms with Gasteiger partial charge in [-0.2, -0.15) is 5.10 Å². The van der Waals surface area contributed by atoms with Gasteiger partial charge in [0.1, 0.15) is 0 Å². The normalized spacial score (nSPS) is 12.0. The fourth-order valence-corrected chi connectivity index (χ4v) is 2.88. The SMILES string of the molecule is Cc1nn(C)c(C)c1NC(=O)[C@@H](C)OC(=O)CCc1cccs1. The highest BCUT2D eigenvalue weighted by Gasteiger charge is 2.20. The van der Waals surface area contributed by atoms with Gasteiger partial charge in [-0.3, -0.25) is 14.3 Å². The second-order valence-electron chi connectivity index (χ2n) is 5.37. The summed E-state index contributed by atoms with van der Waals surface area (Å²) in [6.07, 6.45) is 0.0548. The van der Waals surface area contributed by atoms with Gasteiger partial charge >= 0.3 is 5.97 Å². The second kappa shape index (κ2) is 7.41. The average Bonchev–Trinajstić information content (AvgIpc) is 3.09. The van der Waals surface area contributed by atoms with Crippen molar-refractivity contribution in [3.8, 4) is 0 Å². The van der Waals surface area contributed by atoms with Gasteiger partial charge in [0, 0.05) is 11.9 Å². The Balaban J connectivity index is 1.85. The van der Waals surface area contributed by atoms with Crippen LogP contribution in [0.1, 0.15) is 29.6 Å². The Bertz CT molecular complexity index is 692. The second-order valence-corrected chi connectivity index (χ2v) is 6.40. The van der Waals surface area contributed by atoms with Crippen molar-refractivity contribution in [2.24, 2.45) is 7.05 Å². The molecule has 0 spiro atoms. The van der Waals surface area contributed by atoms with Crippen LogP contribution in [0.15, 0.2) is 17.5 Å². The number of carbonyl (C=O) groups is 2. The van der Waals surface area contributed by atoms with Crippen molar-refractivity contribution in [1.29, 1.82) is 0 Å². The number of nitrogens with one attached hydrogen (secondary N) is 1. The van der Waals surface area contributed by atoms with Crippen molar-refractivity contribution >= 4 is 28.9 Å². The lowest BCUT2D eigenvalue weighted by atomic mass is 10.2. The first kappa shape index (κ1) is 17.2. The van der Waals surface area contributed by atoms with E-state index in [1.807, 2.05) is 38.4 Å². The molecule has 0 aliphatic rings. The Hall–Kier alpha value is -2.15. The van der Waals surface area contributed by atoms with Gasteiger partial charge in [0.05, 0.1) is 23.5 Å². The number of nitrogens with zero attached hydrogens (tertiary/aromatic N) is 2. The zero-order valence-corrected chi connectivity index (χ0v) is 14.6. The van der Waals surface area contributed by atoms with Gasteiger partial charge < -0.3 is 10.1 Å². The van der Waals surface area contributed by atoms with Crippen LogP contribution in [0.25, 0.3) is 0 Å². The number of anilines is 1. The first-order valence-electron chi connectivity index (χ1n) is 7.41. The van der Waals surface area contributed by atoms with Crippen LogP contribution in [0.2, 0.25) is 0 Å². The summed E-state index contributed by atoms with van der Waals surface area (Å²) >= 11 is 1.60. The molecule has 2 rings (SSSR count). The maximum absolute atomic E-state index is 12.2. The van der Waals surface area contributed by atoms with Crippen molar-refractivity contribution in [2.75, 3.05) is 5.32 Å². The topological polar surface area (TPSA) is 73.2 Å². The largest absolute Gasteiger partial charge is 0.453 e. The van der Waals surface area contributed by atoms with E-state index in [0.29, 0.717) is 12.1 Å². The van der Waals surface area contributed by atoms with Crippen molar-refractivity contribution in [3.63, 3.8) is 0 Å². The average molecular weight is 335 g/mol. The minimum absolute atomic E-state index is 0.267. The van der Waals surface area contributed by atoms with Gasteiger partial charge in [0.25, 0.3) is 5.91 Å². The van der Waals surface area contributed by atoms with Crippen LogP contribution in [0.5, 0.6) is 0 Å². The molecule has 7 heteroatoms. The van der Waals surface area contributed by atoms with E-state index in [2.05, 4.69) is 10.4 Å². The number of thiophene rings is 1. The van der Waals surface area contributed by atoms with Crippen molar-refractivity contribution in [3.05, 3.63) is 33.8 Å². The van der Waals surface area contributed by atoms with Crippen molar-refractivity contribution in [2.45, 2.75) is 39.7 Å². The number of esters is 1. The maximum atomic E-state index is 12.2. The first-order valence-corrected chi connectivity index (χ1v) is 8.29. The Morgan fingerprint density at radius 1 is 1.43 bits per heavy atom. The summed E-state index contributed by atoms with van der Waals surface area (Å²) in [5, 5.41) is 8.98. The molecular weight excluding hydrogens is 314 g/mol. The number of ether oxygens (including phenoxy) is 1. The molecule has 0 saturated heterocycles. The van der Waals surface area contributed by atoms with E-state index in [1.54, 1.807) is 22.9 Å². The number of hydrogen-bond donors (Lipinski definition) is 1. The molecule has 0 saturated carbocycles. The van der Waals surface area contributed by atoms with E-state index in [-0.39, 0.29) is 18.3 Å². The summed E-state index contributed by atoms with van der Waals surface area (Å²) < 4.78 is 6.89. The minimum atomic E-state index is -0.843. The number of carbonyl (C=O) groups excluding carboxylic acids is 2. The highest BCUT2D eigenvalue weighted by atomic mass is 32.1. The van der Waals surface area contributed by atoms with Gasteiger partial charge in [-0.25, -0.2) is 0 Å². The molecule has 6 nitrogen and oxygen atoms in total. The molecule has 1 N–H and O–H groups in total. The van der Waals surface area contributed by atoms with Gasteiger partial charge in [0.15, 0.2) is 6.10 Å². The maximum Gasteiger partial charge on any atom is 0.306 e. The van der Waals surface area contributed by atoms with Crippen LogP contribution >= 0.6 is 11.3 Å². The molecule has 0 aliphatic heterocycles. The van der Waals surface area contributed by atoms with Crippen LogP contribution in [0, 0.1) is 13.8 Å². The molecule has 2 aromatic heterocycles. The standard InChI is InChI=1S/C16H21N3O3S/c1-10-15(11(2)19(4)18-10)17-16(21)12(3)22-14(20)8-7-13-6-5-9-23-13/h5-6,9,12H,7-8H2,1-4H3,(H,17,21)/t12-/m1/s1. The predicted octanol–water partition coefficient (Wildman–Crippen LogP) is 2.60. The molecule has 23 heavy (non-hydrogen) atoms. The van der Waals surface area contributed by atoms with Gasteiger partial charge in [0.2, 0.25) is 0 Å². The third kappa shape index (κ3) is 4.41. The summed E-state index contributed by atoms with van der Waals surface area (Å²) in [5.74, 6) is -0.727. The summed E-state index contributed by atoms with van der Waals surface area (Å²) in [6, 6.07) is 3.92. The molecule has 0 aliphatic carbocycles. The molecule has 0 radical (unpaired) electrons. The third-order valence-corrected chi connectivity index (χ3v) is 4.53. The van der Waals surface area contributed by atoms with E-state index in [9.17, 15) is 9.59 Å². The fraction of sp³-hybridized carbons (Fsp3) is 0.438. The molecule has 124 valence electrons. The molecule has 0 unspecified atom stereocenters. The quantitative estimate of drug-likeness (QED) is 0.824. The molecule has 0 aromatic carbocycles. The van der Waals surface area contributed by atoms with E-state index in [1.165, 1.54) is 0 Å². The Kier molecular flexibility index (Phi) is 5.54. The highest BCUT2D eigenvalue weighted by molar-refractivity contribution is 7.09. The zero-order valence-electron chi connectivity index (χ0n) is 13.8. The van der Waals surface area contributed by atoms with Crippen LogP contribution in [0.3, 0.4) is 0 Å². The van der Waals surface area contributed by atoms with Gasteiger partial charge in [-0.05, 0) is 38.6 Å². The highest BCUT2D eigenvalue weighted by Crippen LogP contribution is 2.19. The van der Waals surface area contributed by atoms with Gasteiger partial charge in [-0.15, -0.1) is 11.3 Å². The van der Waals surface area contributed by atoms with Crippen molar-refractivity contribution < 1.29 is 14.3 Å². The van der Waals surface area contributed by atoms with E-state index in [4.69, 9.17) is 4.74 Å². The Morgan fingerprint density at radius 2 is 2.17 bits per heavy atom. The van der Waals surface area contributed by atoms with E-state index in [0.717, 1.165) is 16.3 Å². The molecule has 2 heterocycles. The molecule has 1 amide bonds. The van der Waals surface area contributed by atoms with Crippen LogP contribution in [0.4, 0.5) is 5.69 Å². The van der Waals surface area contributed by atoms with Crippen LogP contribution < -0.4 is 5.32 Å². The smallest absolute Gasteiger partial charge is 0.306 e. The molecule has 2 aromatic rings. The number of hydrogen-bond acceptors (Lipinski definition) is 5. The summed E-state index contributed by atoms with van der Waals surface area (Å²) in [6.45, 7) is 5.26. The first-order chi connectivity index (χ1) is 10.9. The van der Waals surface area contributed by atoms with Crippen molar-refractivity contribution in [1.82, 2.24) is 9.78 Å². The lowest BCUT2D eigenvalue weighted by molar-refractivity contribution is -0.153. The minimum Gasteiger partial charge on any atom is -0.453 e. The fourth-order valence-electron chi connectivity index (χ4n) is 2.17. The zero-order chi connectivity index (χ0) is 17.0. The van der Waals surface area contributed by atoms with E-state index >= 15 is 0 Å². The molecule has 0 fully saturated rings.